The number of rotatable bonds is 8. The molecule has 0 saturated carbocycles. The van der Waals surface area contributed by atoms with Crippen molar-refractivity contribution in [3.63, 3.8) is 0 Å². The number of hydrogen-bond acceptors (Lipinski definition) is 5. The highest BCUT2D eigenvalue weighted by atomic mass is 35.5. The Hall–Kier alpha value is -3.06. The minimum Gasteiger partial charge on any atom is -0.454 e. The zero-order valence-electron chi connectivity index (χ0n) is 19.2. The van der Waals surface area contributed by atoms with Crippen LogP contribution in [0.2, 0.25) is 5.02 Å². The number of carbonyl (C=O) groups is 3. The number of hydrogen-bond donors (Lipinski definition) is 2. The molecule has 1 saturated heterocycles. The van der Waals surface area contributed by atoms with Crippen LogP contribution >= 0.6 is 11.6 Å². The van der Waals surface area contributed by atoms with Crippen LogP contribution in [-0.4, -0.2) is 43.5 Å². The van der Waals surface area contributed by atoms with Gasteiger partial charge in [-0.25, -0.2) is 4.79 Å². The quantitative estimate of drug-likeness (QED) is 0.564. The minimum absolute atomic E-state index is 0.243. The zero-order valence-corrected chi connectivity index (χ0v) is 19.9. The van der Waals surface area contributed by atoms with Gasteiger partial charge in [-0.2, -0.15) is 0 Å². The van der Waals surface area contributed by atoms with Gasteiger partial charge < -0.3 is 20.3 Å². The summed E-state index contributed by atoms with van der Waals surface area (Å²) in [7, 11) is 0. The Bertz CT molecular complexity index is 1020. The summed E-state index contributed by atoms with van der Waals surface area (Å²) in [4.78, 5) is 39.8. The van der Waals surface area contributed by atoms with E-state index in [1.54, 1.807) is 38.1 Å². The smallest absolute Gasteiger partial charge is 0.329 e. The third-order valence-electron chi connectivity index (χ3n) is 5.63. The average molecular weight is 472 g/mol. The molecule has 0 spiro atoms. The highest BCUT2D eigenvalue weighted by molar-refractivity contribution is 6.33. The third-order valence-corrected chi connectivity index (χ3v) is 5.96. The first kappa shape index (κ1) is 24.6. The maximum atomic E-state index is 12.6. The van der Waals surface area contributed by atoms with Crippen LogP contribution in [0.5, 0.6) is 0 Å². The minimum atomic E-state index is -0.914. The van der Waals surface area contributed by atoms with E-state index in [9.17, 15) is 14.4 Å². The van der Waals surface area contributed by atoms with Gasteiger partial charge in [-0.3, -0.25) is 9.59 Å². The van der Waals surface area contributed by atoms with Crippen molar-refractivity contribution in [3.8, 4) is 0 Å². The molecule has 0 aromatic heterocycles. The van der Waals surface area contributed by atoms with Crippen molar-refractivity contribution in [2.45, 2.75) is 39.7 Å². The molecule has 0 bridgehead atoms. The zero-order chi connectivity index (χ0) is 24.0. The number of esters is 1. The molecule has 7 nitrogen and oxygen atoms in total. The van der Waals surface area contributed by atoms with Gasteiger partial charge in [-0.15, -0.1) is 0 Å². The molecule has 2 aromatic carbocycles. The van der Waals surface area contributed by atoms with Crippen LogP contribution in [0.15, 0.2) is 42.5 Å². The lowest BCUT2D eigenvalue weighted by Crippen LogP contribution is -2.46. The number of amides is 2. The third kappa shape index (κ3) is 6.48. The molecule has 176 valence electrons. The first-order valence-corrected chi connectivity index (χ1v) is 11.5. The number of anilines is 2. The van der Waals surface area contributed by atoms with Gasteiger partial charge in [0.2, 0.25) is 0 Å². The summed E-state index contributed by atoms with van der Waals surface area (Å²) < 4.78 is 5.20. The molecule has 3 rings (SSSR count). The van der Waals surface area contributed by atoms with Crippen LogP contribution in [0.1, 0.15) is 42.6 Å². The molecule has 2 amide bonds. The van der Waals surface area contributed by atoms with Crippen LogP contribution in [0.25, 0.3) is 0 Å². The molecule has 8 heteroatoms. The van der Waals surface area contributed by atoms with Crippen molar-refractivity contribution >= 4 is 40.8 Å². The predicted molar refractivity (Wildman–Crippen MR) is 130 cm³/mol. The summed E-state index contributed by atoms with van der Waals surface area (Å²) >= 11 is 6.07. The van der Waals surface area contributed by atoms with Crippen molar-refractivity contribution in [3.05, 3.63) is 58.6 Å². The van der Waals surface area contributed by atoms with Crippen molar-refractivity contribution < 1.29 is 19.1 Å². The number of benzene rings is 2. The standard InChI is InChI=1S/C25H30ClN3O4/c1-16(2)23(28-24(31)19-8-4-5-9-20(19)26)25(32)33-15-22(30)27-21-11-10-18(14-17(21)3)29-12-6-7-13-29/h4-5,8-11,14,16,23H,6-7,12-13,15H2,1-3H3,(H,27,30)(H,28,31)/t23-/m0/s1. The van der Waals surface area contributed by atoms with E-state index in [0.717, 1.165) is 24.3 Å². The van der Waals surface area contributed by atoms with Gasteiger partial charge in [-0.05, 0) is 61.6 Å². The predicted octanol–water partition coefficient (Wildman–Crippen LogP) is 4.18. The topological polar surface area (TPSA) is 87.7 Å². The van der Waals surface area contributed by atoms with Crippen molar-refractivity contribution in [2.24, 2.45) is 5.92 Å². The fraction of sp³-hybridized carbons (Fsp3) is 0.400. The molecule has 0 unspecified atom stereocenters. The fourth-order valence-corrected chi connectivity index (χ4v) is 3.96. The van der Waals surface area contributed by atoms with E-state index in [-0.39, 0.29) is 16.5 Å². The maximum absolute atomic E-state index is 12.6. The molecule has 2 aromatic rings. The average Bonchev–Trinajstić information content (AvgIpc) is 3.32. The van der Waals surface area contributed by atoms with Crippen molar-refractivity contribution in [1.82, 2.24) is 5.32 Å². The van der Waals surface area contributed by atoms with E-state index in [1.807, 2.05) is 25.1 Å². The number of nitrogens with zero attached hydrogens (tertiary/aromatic N) is 1. The van der Waals surface area contributed by atoms with E-state index in [4.69, 9.17) is 16.3 Å². The number of halogens is 1. The summed E-state index contributed by atoms with van der Waals surface area (Å²) in [6, 6.07) is 11.6. The molecular formula is C25H30ClN3O4. The molecule has 1 aliphatic heterocycles. The Morgan fingerprint density at radius 3 is 2.42 bits per heavy atom. The second kappa shape index (κ2) is 11.2. The van der Waals surface area contributed by atoms with Crippen LogP contribution in [0.4, 0.5) is 11.4 Å². The first-order valence-electron chi connectivity index (χ1n) is 11.1. The van der Waals surface area contributed by atoms with Gasteiger partial charge in [0.25, 0.3) is 11.8 Å². The fourth-order valence-electron chi connectivity index (χ4n) is 3.73. The normalized spacial score (nSPS) is 14.2. The van der Waals surface area contributed by atoms with Crippen LogP contribution < -0.4 is 15.5 Å². The monoisotopic (exact) mass is 471 g/mol. The Morgan fingerprint density at radius 2 is 1.79 bits per heavy atom. The SMILES string of the molecule is Cc1cc(N2CCCC2)ccc1NC(=O)COC(=O)[C@@H](NC(=O)c1ccccc1Cl)C(C)C. The molecule has 1 heterocycles. The van der Waals surface area contributed by atoms with Gasteiger partial charge in [-0.1, -0.05) is 37.6 Å². The van der Waals surface area contributed by atoms with Crippen LogP contribution in [-0.2, 0) is 14.3 Å². The Morgan fingerprint density at radius 1 is 1.09 bits per heavy atom. The highest BCUT2D eigenvalue weighted by Gasteiger charge is 2.27. The second-order valence-corrected chi connectivity index (χ2v) is 8.93. The van der Waals surface area contributed by atoms with E-state index in [2.05, 4.69) is 15.5 Å². The highest BCUT2D eigenvalue weighted by Crippen LogP contribution is 2.25. The number of nitrogens with one attached hydrogen (secondary N) is 2. The lowest BCUT2D eigenvalue weighted by Gasteiger charge is -2.21. The summed E-state index contributed by atoms with van der Waals surface area (Å²) in [6.45, 7) is 7.14. The molecule has 1 fully saturated rings. The van der Waals surface area contributed by atoms with E-state index in [1.165, 1.54) is 12.8 Å². The van der Waals surface area contributed by atoms with E-state index in [0.29, 0.717) is 5.69 Å². The molecular weight excluding hydrogens is 442 g/mol. The Balaban J connectivity index is 1.55. The van der Waals surface area contributed by atoms with Crippen LogP contribution in [0, 0.1) is 12.8 Å². The first-order chi connectivity index (χ1) is 15.8. The summed E-state index contributed by atoms with van der Waals surface area (Å²) in [5.74, 6) is -1.84. The molecule has 2 N–H and O–H groups in total. The molecule has 1 atom stereocenters. The summed E-state index contributed by atoms with van der Waals surface area (Å²) in [6.07, 6.45) is 2.39. The second-order valence-electron chi connectivity index (χ2n) is 8.52. The maximum Gasteiger partial charge on any atom is 0.329 e. The van der Waals surface area contributed by atoms with Crippen molar-refractivity contribution in [1.29, 1.82) is 0 Å². The van der Waals surface area contributed by atoms with Crippen molar-refractivity contribution in [2.75, 3.05) is 29.9 Å². The van der Waals surface area contributed by atoms with E-state index < -0.39 is 30.4 Å². The molecule has 33 heavy (non-hydrogen) atoms. The Labute approximate surface area is 199 Å². The van der Waals surface area contributed by atoms with Gasteiger partial charge in [0, 0.05) is 24.5 Å². The molecule has 1 aliphatic rings. The summed E-state index contributed by atoms with van der Waals surface area (Å²) in [5, 5.41) is 5.73. The number of carbonyl (C=O) groups excluding carboxylic acids is 3. The van der Waals surface area contributed by atoms with E-state index >= 15 is 0 Å². The van der Waals surface area contributed by atoms with Gasteiger partial charge >= 0.3 is 5.97 Å². The Kier molecular flexibility index (Phi) is 8.33. The lowest BCUT2D eigenvalue weighted by atomic mass is 10.0. The molecule has 0 radical (unpaired) electrons. The van der Waals surface area contributed by atoms with Gasteiger partial charge in [0.05, 0.1) is 10.6 Å². The number of ether oxygens (including phenoxy) is 1. The van der Waals surface area contributed by atoms with Gasteiger partial charge in [0.15, 0.2) is 6.61 Å². The summed E-state index contributed by atoms with van der Waals surface area (Å²) in [5.41, 5.74) is 3.02. The molecule has 0 aliphatic carbocycles. The van der Waals surface area contributed by atoms with Gasteiger partial charge in [0.1, 0.15) is 6.04 Å². The van der Waals surface area contributed by atoms with Crippen LogP contribution in [0.3, 0.4) is 0 Å². The lowest BCUT2D eigenvalue weighted by molar-refractivity contribution is -0.150. The largest absolute Gasteiger partial charge is 0.454 e. The number of aryl methyl sites for hydroxylation is 1.